The van der Waals surface area contributed by atoms with Crippen LogP contribution in [0.25, 0.3) is 0 Å². The second-order valence-electron chi connectivity index (χ2n) is 6.75. The maximum atomic E-state index is 13.1. The fraction of sp³-hybridized carbons (Fsp3) is 0.0952. The van der Waals surface area contributed by atoms with Gasteiger partial charge in [-0.05, 0) is 37.6 Å². The summed E-state index contributed by atoms with van der Waals surface area (Å²) in [5.41, 5.74) is 5.06. The molecule has 0 heterocycles. The van der Waals surface area contributed by atoms with Gasteiger partial charge in [-0.2, -0.15) is 5.10 Å². The number of hydrogen-bond acceptors (Lipinski definition) is 6. The lowest BCUT2D eigenvalue weighted by atomic mass is 10.1. The zero-order valence-electron chi connectivity index (χ0n) is 16.7. The monoisotopic (exact) mass is 458 g/mol. The predicted octanol–water partition coefficient (Wildman–Crippen LogP) is 5.11. The van der Waals surface area contributed by atoms with E-state index in [2.05, 4.69) is 15.2 Å². The molecule has 0 aliphatic rings. The van der Waals surface area contributed by atoms with E-state index in [0.717, 1.165) is 17.2 Å². The van der Waals surface area contributed by atoms with Crippen LogP contribution >= 0.6 is 11.6 Å². The van der Waals surface area contributed by atoms with Gasteiger partial charge in [-0.3, -0.25) is 20.3 Å². The Morgan fingerprint density at radius 1 is 1.03 bits per heavy atom. The summed E-state index contributed by atoms with van der Waals surface area (Å²) in [7, 11) is -4.16. The van der Waals surface area contributed by atoms with Crippen LogP contribution in [0.4, 0.5) is 17.1 Å². The predicted molar refractivity (Wildman–Crippen MR) is 122 cm³/mol. The number of sulfonamides is 1. The van der Waals surface area contributed by atoms with Gasteiger partial charge in [-0.1, -0.05) is 47.5 Å². The van der Waals surface area contributed by atoms with Gasteiger partial charge in [0.2, 0.25) is 0 Å². The van der Waals surface area contributed by atoms with Crippen LogP contribution in [0.2, 0.25) is 5.02 Å². The van der Waals surface area contributed by atoms with E-state index < -0.39 is 14.9 Å². The Kier molecular flexibility index (Phi) is 6.57. The van der Waals surface area contributed by atoms with Crippen LogP contribution in [0.15, 0.2) is 70.7 Å². The second-order valence-corrected chi connectivity index (χ2v) is 8.81. The molecule has 0 amide bonds. The van der Waals surface area contributed by atoms with E-state index in [-0.39, 0.29) is 16.3 Å². The minimum Gasteiger partial charge on any atom is -0.279 e. The van der Waals surface area contributed by atoms with Gasteiger partial charge in [-0.25, -0.2) is 8.42 Å². The number of non-ortho nitro benzene ring substituents is 1. The SMILES string of the molecule is Cc1ccc(NS(=O)(=O)c2cc([N+](=O)[O-])ccc2N/N=C/c2ccccc2Cl)c(C)c1. The molecule has 3 rings (SSSR count). The average molecular weight is 459 g/mol. The summed E-state index contributed by atoms with van der Waals surface area (Å²) in [6.07, 6.45) is 1.43. The highest BCUT2D eigenvalue weighted by Crippen LogP contribution is 2.29. The van der Waals surface area contributed by atoms with Gasteiger partial charge in [0.25, 0.3) is 15.7 Å². The Hall–Kier alpha value is -3.43. The molecule has 160 valence electrons. The molecule has 3 aromatic rings. The highest BCUT2D eigenvalue weighted by atomic mass is 35.5. The Morgan fingerprint density at radius 3 is 2.42 bits per heavy atom. The molecule has 0 saturated carbocycles. The zero-order chi connectivity index (χ0) is 22.6. The molecule has 0 fully saturated rings. The molecular weight excluding hydrogens is 440 g/mol. The van der Waals surface area contributed by atoms with E-state index in [1.807, 2.05) is 13.0 Å². The molecule has 0 aliphatic carbocycles. The van der Waals surface area contributed by atoms with E-state index in [9.17, 15) is 18.5 Å². The molecule has 0 spiro atoms. The van der Waals surface area contributed by atoms with Crippen molar-refractivity contribution in [1.29, 1.82) is 0 Å². The number of nitro groups is 1. The first-order chi connectivity index (χ1) is 14.7. The van der Waals surface area contributed by atoms with Gasteiger partial charge in [0.05, 0.1) is 22.5 Å². The van der Waals surface area contributed by atoms with Gasteiger partial charge in [-0.15, -0.1) is 0 Å². The van der Waals surface area contributed by atoms with Gasteiger partial charge in [0.15, 0.2) is 0 Å². The summed E-state index contributed by atoms with van der Waals surface area (Å²) >= 11 is 6.08. The van der Waals surface area contributed by atoms with Gasteiger partial charge in [0, 0.05) is 22.7 Å². The average Bonchev–Trinajstić information content (AvgIpc) is 2.71. The fourth-order valence-electron chi connectivity index (χ4n) is 2.82. The number of anilines is 2. The first-order valence-electron chi connectivity index (χ1n) is 9.09. The number of rotatable bonds is 7. The molecule has 0 aromatic heterocycles. The normalized spacial score (nSPS) is 11.5. The van der Waals surface area contributed by atoms with Crippen molar-refractivity contribution in [3.8, 4) is 0 Å². The smallest absolute Gasteiger partial charge is 0.270 e. The quantitative estimate of drug-likeness (QED) is 0.290. The summed E-state index contributed by atoms with van der Waals surface area (Å²) < 4.78 is 28.6. The molecule has 0 atom stereocenters. The van der Waals surface area contributed by atoms with Crippen molar-refractivity contribution in [3.63, 3.8) is 0 Å². The molecule has 8 nitrogen and oxygen atoms in total. The van der Waals surface area contributed by atoms with Crippen LogP contribution in [0, 0.1) is 24.0 Å². The van der Waals surface area contributed by atoms with Crippen LogP contribution in [0.1, 0.15) is 16.7 Å². The van der Waals surface area contributed by atoms with Crippen LogP contribution in [0.3, 0.4) is 0 Å². The summed E-state index contributed by atoms with van der Waals surface area (Å²) in [5.74, 6) is 0. The lowest BCUT2D eigenvalue weighted by Gasteiger charge is -2.14. The minimum atomic E-state index is -4.16. The first kappa shape index (κ1) is 22.3. The van der Waals surface area contributed by atoms with Crippen molar-refractivity contribution in [3.05, 3.63) is 92.5 Å². The minimum absolute atomic E-state index is 0.0752. The van der Waals surface area contributed by atoms with E-state index >= 15 is 0 Å². The second kappa shape index (κ2) is 9.15. The summed E-state index contributed by atoms with van der Waals surface area (Å²) in [6.45, 7) is 3.66. The number of aryl methyl sites for hydroxylation is 2. The molecular formula is C21H19ClN4O4S. The van der Waals surface area contributed by atoms with E-state index in [1.54, 1.807) is 43.3 Å². The van der Waals surface area contributed by atoms with Crippen LogP contribution in [-0.4, -0.2) is 19.6 Å². The van der Waals surface area contributed by atoms with Gasteiger partial charge >= 0.3 is 0 Å². The Balaban J connectivity index is 1.97. The summed E-state index contributed by atoms with van der Waals surface area (Å²) in [5, 5.41) is 15.7. The van der Waals surface area contributed by atoms with Gasteiger partial charge < -0.3 is 0 Å². The lowest BCUT2D eigenvalue weighted by molar-refractivity contribution is -0.385. The van der Waals surface area contributed by atoms with Crippen molar-refractivity contribution in [2.45, 2.75) is 18.7 Å². The third-order valence-corrected chi connectivity index (χ3v) is 6.14. The molecule has 0 radical (unpaired) electrons. The number of nitrogens with one attached hydrogen (secondary N) is 2. The number of halogens is 1. The zero-order valence-corrected chi connectivity index (χ0v) is 18.2. The third-order valence-electron chi connectivity index (χ3n) is 4.39. The Bertz CT molecular complexity index is 1280. The molecule has 10 heteroatoms. The Morgan fingerprint density at radius 2 is 1.74 bits per heavy atom. The van der Waals surface area contributed by atoms with E-state index in [0.29, 0.717) is 16.3 Å². The van der Waals surface area contributed by atoms with Crippen molar-refractivity contribution in [2.24, 2.45) is 5.10 Å². The standard InChI is InChI=1S/C21H19ClN4O4S/c1-14-7-9-19(15(2)11-14)25-31(29,30)21-12-17(26(27)28)8-10-20(21)24-23-13-16-5-3-4-6-18(16)22/h3-13,24-25H,1-2H3/b23-13+. The molecule has 31 heavy (non-hydrogen) atoms. The van der Waals surface area contributed by atoms with Crippen molar-refractivity contribution < 1.29 is 13.3 Å². The lowest BCUT2D eigenvalue weighted by Crippen LogP contribution is -2.16. The maximum Gasteiger partial charge on any atom is 0.270 e. The number of hydrazone groups is 1. The third kappa shape index (κ3) is 5.39. The topological polar surface area (TPSA) is 114 Å². The highest BCUT2D eigenvalue weighted by molar-refractivity contribution is 7.92. The number of nitro benzene ring substituents is 1. The number of nitrogens with zero attached hydrogens (tertiary/aromatic N) is 2. The molecule has 0 unspecified atom stereocenters. The largest absolute Gasteiger partial charge is 0.279 e. The van der Waals surface area contributed by atoms with E-state index in [1.165, 1.54) is 18.3 Å². The first-order valence-corrected chi connectivity index (χ1v) is 11.0. The number of hydrogen-bond donors (Lipinski definition) is 2. The summed E-state index contributed by atoms with van der Waals surface area (Å²) in [4.78, 5) is 10.2. The summed E-state index contributed by atoms with van der Waals surface area (Å²) in [6, 6.07) is 15.7. The molecule has 0 bridgehead atoms. The van der Waals surface area contributed by atoms with Crippen LogP contribution in [0.5, 0.6) is 0 Å². The van der Waals surface area contributed by atoms with Crippen LogP contribution in [-0.2, 0) is 10.0 Å². The fourth-order valence-corrected chi connectivity index (χ4v) is 4.31. The molecule has 2 N–H and O–H groups in total. The van der Waals surface area contributed by atoms with E-state index in [4.69, 9.17) is 11.6 Å². The Labute approximate surface area is 184 Å². The van der Waals surface area contributed by atoms with Crippen molar-refractivity contribution in [2.75, 3.05) is 10.1 Å². The molecule has 0 aliphatic heterocycles. The van der Waals surface area contributed by atoms with Crippen molar-refractivity contribution in [1.82, 2.24) is 0 Å². The molecule has 3 aromatic carbocycles. The molecule has 0 saturated heterocycles. The van der Waals surface area contributed by atoms with Gasteiger partial charge in [0.1, 0.15) is 4.90 Å². The maximum absolute atomic E-state index is 13.1. The van der Waals surface area contributed by atoms with Crippen molar-refractivity contribution >= 4 is 44.9 Å². The van der Waals surface area contributed by atoms with Crippen LogP contribution < -0.4 is 10.1 Å². The number of benzene rings is 3. The highest BCUT2D eigenvalue weighted by Gasteiger charge is 2.23.